The van der Waals surface area contributed by atoms with Gasteiger partial charge in [0.1, 0.15) is 0 Å². The molecule has 0 aliphatic rings. The van der Waals surface area contributed by atoms with Gasteiger partial charge in [-0.25, -0.2) is 0 Å². The van der Waals surface area contributed by atoms with Crippen LogP contribution in [0.1, 0.15) is 51.2 Å². The average molecular weight is 233 g/mol. The predicted molar refractivity (Wildman–Crippen MR) is 76.5 cm³/mol. The zero-order chi connectivity index (χ0) is 12.8. The van der Waals surface area contributed by atoms with E-state index in [1.807, 2.05) is 0 Å². The molecule has 0 radical (unpaired) electrons. The van der Waals surface area contributed by atoms with Gasteiger partial charge < -0.3 is 5.32 Å². The molecular weight excluding hydrogens is 206 g/mol. The number of benzene rings is 1. The van der Waals surface area contributed by atoms with E-state index in [2.05, 4.69) is 64.2 Å². The van der Waals surface area contributed by atoms with Gasteiger partial charge in [0.15, 0.2) is 0 Å². The Bertz CT molecular complexity index is 328. The maximum Gasteiger partial charge on any atom is 0.00226 e. The van der Waals surface area contributed by atoms with Crippen molar-refractivity contribution in [3.05, 3.63) is 35.4 Å². The van der Waals surface area contributed by atoms with Gasteiger partial charge in [-0.15, -0.1) is 0 Å². The van der Waals surface area contributed by atoms with E-state index in [-0.39, 0.29) is 0 Å². The summed E-state index contributed by atoms with van der Waals surface area (Å²) in [5.74, 6) is 1.38. The van der Waals surface area contributed by atoms with Crippen LogP contribution in [0, 0.1) is 12.8 Å². The van der Waals surface area contributed by atoms with Gasteiger partial charge in [0.25, 0.3) is 0 Å². The van der Waals surface area contributed by atoms with Crippen LogP contribution in [0.15, 0.2) is 24.3 Å². The Hall–Kier alpha value is -0.820. The Morgan fingerprint density at radius 2 is 1.82 bits per heavy atom. The fourth-order valence-electron chi connectivity index (χ4n) is 2.21. The summed E-state index contributed by atoms with van der Waals surface area (Å²) >= 11 is 0. The lowest BCUT2D eigenvalue weighted by molar-refractivity contribution is 0.452. The van der Waals surface area contributed by atoms with Gasteiger partial charge in [-0.05, 0) is 30.7 Å². The molecule has 0 bridgehead atoms. The molecule has 0 saturated carbocycles. The Kier molecular flexibility index (Phi) is 5.70. The molecule has 0 aromatic heterocycles. The second-order valence-electron chi connectivity index (χ2n) is 5.80. The summed E-state index contributed by atoms with van der Waals surface area (Å²) in [6.07, 6.45) is 1.25. The molecule has 1 rings (SSSR count). The van der Waals surface area contributed by atoms with Crippen LogP contribution in [0.4, 0.5) is 0 Å². The fourth-order valence-corrected chi connectivity index (χ4v) is 2.21. The van der Waals surface area contributed by atoms with E-state index >= 15 is 0 Å². The highest BCUT2D eigenvalue weighted by atomic mass is 14.9. The van der Waals surface area contributed by atoms with Crippen molar-refractivity contribution >= 4 is 0 Å². The Morgan fingerprint density at radius 1 is 1.12 bits per heavy atom. The quantitative estimate of drug-likeness (QED) is 0.779. The maximum atomic E-state index is 3.57. The van der Waals surface area contributed by atoms with Crippen LogP contribution < -0.4 is 5.32 Å². The first kappa shape index (κ1) is 14.2. The third-order valence-electron chi connectivity index (χ3n) is 3.04. The minimum absolute atomic E-state index is 0.564. The van der Waals surface area contributed by atoms with Crippen molar-refractivity contribution in [3.8, 4) is 0 Å². The van der Waals surface area contributed by atoms with Gasteiger partial charge in [0, 0.05) is 12.6 Å². The highest BCUT2D eigenvalue weighted by Gasteiger charge is 2.13. The zero-order valence-corrected chi connectivity index (χ0v) is 12.0. The first-order valence-electron chi connectivity index (χ1n) is 6.79. The van der Waals surface area contributed by atoms with Crippen LogP contribution in [-0.2, 0) is 0 Å². The molecule has 1 aromatic carbocycles. The topological polar surface area (TPSA) is 12.0 Å². The molecule has 0 saturated heterocycles. The van der Waals surface area contributed by atoms with Crippen LogP contribution in [0.3, 0.4) is 0 Å². The molecule has 1 atom stereocenters. The van der Waals surface area contributed by atoms with Crippen molar-refractivity contribution in [2.75, 3.05) is 6.54 Å². The van der Waals surface area contributed by atoms with Gasteiger partial charge in [-0.3, -0.25) is 0 Å². The second kappa shape index (κ2) is 6.80. The molecule has 0 fully saturated rings. The Morgan fingerprint density at radius 3 is 2.35 bits per heavy atom. The number of rotatable bonds is 6. The summed E-state index contributed by atoms with van der Waals surface area (Å²) in [5, 5.41) is 3.57. The minimum Gasteiger partial charge on any atom is -0.314 e. The Balaban J connectivity index is 2.74. The monoisotopic (exact) mass is 233 g/mol. The molecule has 0 heterocycles. The molecule has 96 valence electrons. The first-order chi connectivity index (χ1) is 7.99. The van der Waals surface area contributed by atoms with E-state index in [1.54, 1.807) is 0 Å². The SMILES string of the molecule is Cc1cccc(C(CNC(C)C)CC(C)C)c1. The van der Waals surface area contributed by atoms with E-state index < -0.39 is 0 Å². The molecule has 1 heteroatoms. The van der Waals surface area contributed by atoms with Crippen molar-refractivity contribution in [2.24, 2.45) is 5.92 Å². The molecule has 17 heavy (non-hydrogen) atoms. The van der Waals surface area contributed by atoms with Gasteiger partial charge in [-0.2, -0.15) is 0 Å². The van der Waals surface area contributed by atoms with Crippen molar-refractivity contribution in [1.29, 1.82) is 0 Å². The van der Waals surface area contributed by atoms with Crippen LogP contribution in [0.25, 0.3) is 0 Å². The van der Waals surface area contributed by atoms with Gasteiger partial charge in [-0.1, -0.05) is 57.5 Å². The van der Waals surface area contributed by atoms with Crippen molar-refractivity contribution in [3.63, 3.8) is 0 Å². The fraction of sp³-hybridized carbons (Fsp3) is 0.625. The van der Waals surface area contributed by atoms with Gasteiger partial charge in [0.2, 0.25) is 0 Å². The molecular formula is C16H27N. The largest absolute Gasteiger partial charge is 0.314 e. The summed E-state index contributed by atoms with van der Waals surface area (Å²) < 4.78 is 0. The van der Waals surface area contributed by atoms with Gasteiger partial charge >= 0.3 is 0 Å². The van der Waals surface area contributed by atoms with E-state index in [1.165, 1.54) is 17.5 Å². The number of nitrogens with one attached hydrogen (secondary N) is 1. The van der Waals surface area contributed by atoms with Crippen LogP contribution in [-0.4, -0.2) is 12.6 Å². The third-order valence-corrected chi connectivity index (χ3v) is 3.04. The smallest absolute Gasteiger partial charge is 0.00226 e. The summed E-state index contributed by atoms with van der Waals surface area (Å²) in [6.45, 7) is 12.3. The van der Waals surface area contributed by atoms with Crippen LogP contribution in [0.5, 0.6) is 0 Å². The third kappa shape index (κ3) is 5.36. The standard InChI is InChI=1S/C16H27N/c1-12(2)9-16(11-17-13(3)4)15-8-6-7-14(5)10-15/h6-8,10,12-13,16-17H,9,11H2,1-5H3. The normalized spacial score (nSPS) is 13.4. The molecule has 0 spiro atoms. The molecule has 1 nitrogen and oxygen atoms in total. The van der Waals surface area contributed by atoms with Gasteiger partial charge in [0.05, 0.1) is 0 Å². The van der Waals surface area contributed by atoms with E-state index in [0.29, 0.717) is 12.0 Å². The van der Waals surface area contributed by atoms with Crippen molar-refractivity contribution < 1.29 is 0 Å². The lowest BCUT2D eigenvalue weighted by Crippen LogP contribution is -2.28. The highest BCUT2D eigenvalue weighted by Crippen LogP contribution is 2.24. The maximum absolute atomic E-state index is 3.57. The molecule has 0 aliphatic carbocycles. The van der Waals surface area contributed by atoms with E-state index in [9.17, 15) is 0 Å². The number of hydrogen-bond donors (Lipinski definition) is 1. The lowest BCUT2D eigenvalue weighted by Gasteiger charge is -2.22. The van der Waals surface area contributed by atoms with Crippen LogP contribution in [0.2, 0.25) is 0 Å². The molecule has 1 N–H and O–H groups in total. The Labute approximate surface area is 107 Å². The van der Waals surface area contributed by atoms with Crippen molar-refractivity contribution in [2.45, 2.75) is 53.0 Å². The summed E-state index contributed by atoms with van der Waals surface area (Å²) in [4.78, 5) is 0. The summed E-state index contributed by atoms with van der Waals surface area (Å²) in [5.41, 5.74) is 2.84. The highest BCUT2D eigenvalue weighted by molar-refractivity contribution is 5.25. The molecule has 1 unspecified atom stereocenters. The molecule has 0 amide bonds. The summed E-state index contributed by atoms with van der Waals surface area (Å²) in [7, 11) is 0. The summed E-state index contributed by atoms with van der Waals surface area (Å²) in [6, 6.07) is 9.51. The predicted octanol–water partition coefficient (Wildman–Crippen LogP) is 4.12. The second-order valence-corrected chi connectivity index (χ2v) is 5.80. The minimum atomic E-state index is 0.564. The van der Waals surface area contributed by atoms with E-state index in [4.69, 9.17) is 0 Å². The van der Waals surface area contributed by atoms with Crippen LogP contribution >= 0.6 is 0 Å². The number of aryl methyl sites for hydroxylation is 1. The molecule has 0 aliphatic heterocycles. The average Bonchev–Trinajstić information content (AvgIpc) is 2.23. The molecule has 1 aromatic rings. The first-order valence-corrected chi connectivity index (χ1v) is 6.79. The van der Waals surface area contributed by atoms with Crippen molar-refractivity contribution in [1.82, 2.24) is 5.32 Å². The van der Waals surface area contributed by atoms with E-state index in [0.717, 1.165) is 12.5 Å². The lowest BCUT2D eigenvalue weighted by atomic mass is 9.89. The number of hydrogen-bond acceptors (Lipinski definition) is 1. The zero-order valence-electron chi connectivity index (χ0n) is 12.0.